The number of rotatable bonds is 1. The zero-order valence-electron chi connectivity index (χ0n) is 7.91. The number of hydrogen-bond acceptors (Lipinski definition) is 3. The lowest BCUT2D eigenvalue weighted by atomic mass is 10.0. The second kappa shape index (κ2) is 3.68. The summed E-state index contributed by atoms with van der Waals surface area (Å²) < 4.78 is 5.78. The lowest BCUT2D eigenvalue weighted by Crippen LogP contribution is -1.87. The van der Waals surface area contributed by atoms with E-state index >= 15 is 0 Å². The highest BCUT2D eigenvalue weighted by Crippen LogP contribution is 2.25. The van der Waals surface area contributed by atoms with Crippen LogP contribution in [0.25, 0.3) is 11.5 Å². The summed E-state index contributed by atoms with van der Waals surface area (Å²) in [5.74, 6) is 0.602. The summed E-state index contributed by atoms with van der Waals surface area (Å²) in [6.07, 6.45) is 0. The number of aryl methyl sites for hydroxylation is 2. The van der Waals surface area contributed by atoms with Gasteiger partial charge in [-0.1, -0.05) is 23.4 Å². The molecule has 1 aromatic heterocycles. The summed E-state index contributed by atoms with van der Waals surface area (Å²) in [5, 5.41) is 3.78. The molecule has 2 rings (SSSR count). The molecule has 0 saturated heterocycles. The van der Waals surface area contributed by atoms with Crippen molar-refractivity contribution in [1.29, 1.82) is 0 Å². The fourth-order valence-corrected chi connectivity index (χ4v) is 1.78. The van der Waals surface area contributed by atoms with Crippen LogP contribution >= 0.6 is 22.6 Å². The monoisotopic (exact) mass is 300 g/mol. The Kier molecular flexibility index (Phi) is 2.54. The average Bonchev–Trinajstić information content (AvgIpc) is 2.51. The first-order valence-electron chi connectivity index (χ1n) is 4.24. The predicted octanol–water partition coefficient (Wildman–Crippen LogP) is 2.96. The minimum Gasteiger partial charge on any atom is -0.333 e. The van der Waals surface area contributed by atoms with Crippen molar-refractivity contribution in [3.05, 3.63) is 33.2 Å². The van der Waals surface area contributed by atoms with Crippen molar-refractivity contribution in [2.24, 2.45) is 0 Å². The lowest BCUT2D eigenvalue weighted by molar-refractivity contribution is 0.425. The van der Waals surface area contributed by atoms with E-state index < -0.39 is 0 Å². The Bertz CT molecular complexity index is 445. The maximum Gasteiger partial charge on any atom is 0.259 e. The fraction of sp³-hybridized carbons (Fsp3) is 0.200. The van der Waals surface area contributed by atoms with Gasteiger partial charge in [-0.2, -0.15) is 4.98 Å². The van der Waals surface area contributed by atoms with E-state index in [1.807, 2.05) is 54.6 Å². The minimum atomic E-state index is 0.602. The first kappa shape index (κ1) is 9.64. The van der Waals surface area contributed by atoms with Crippen LogP contribution in [0, 0.1) is 17.7 Å². The third-order valence-electron chi connectivity index (χ3n) is 2.10. The van der Waals surface area contributed by atoms with E-state index in [0.29, 0.717) is 9.72 Å². The van der Waals surface area contributed by atoms with Crippen LogP contribution in [0.5, 0.6) is 0 Å². The van der Waals surface area contributed by atoms with Crippen LogP contribution in [0.4, 0.5) is 0 Å². The molecule has 0 saturated carbocycles. The van der Waals surface area contributed by atoms with Crippen molar-refractivity contribution >= 4 is 22.6 Å². The zero-order chi connectivity index (χ0) is 10.1. The van der Waals surface area contributed by atoms with Crippen LogP contribution in [0.1, 0.15) is 11.1 Å². The summed E-state index contributed by atoms with van der Waals surface area (Å²) in [4.78, 5) is 4.21. The van der Waals surface area contributed by atoms with Gasteiger partial charge in [0.05, 0.1) is 0 Å². The maximum atomic E-state index is 5.14. The van der Waals surface area contributed by atoms with Gasteiger partial charge in [0.25, 0.3) is 5.89 Å². The highest BCUT2D eigenvalue weighted by Gasteiger charge is 2.11. The second-order valence-corrected chi connectivity index (χ2v) is 4.10. The molecule has 0 aliphatic rings. The van der Waals surface area contributed by atoms with Crippen molar-refractivity contribution in [2.45, 2.75) is 13.8 Å². The smallest absolute Gasteiger partial charge is 0.259 e. The molecular weight excluding hydrogens is 291 g/mol. The quantitative estimate of drug-likeness (QED) is 0.760. The average molecular weight is 300 g/mol. The van der Waals surface area contributed by atoms with Gasteiger partial charge in [0, 0.05) is 28.2 Å². The van der Waals surface area contributed by atoms with Crippen LogP contribution in [0.3, 0.4) is 0 Å². The van der Waals surface area contributed by atoms with Crippen molar-refractivity contribution in [3.8, 4) is 11.5 Å². The number of halogens is 1. The zero-order valence-corrected chi connectivity index (χ0v) is 10.1. The van der Waals surface area contributed by atoms with Gasteiger partial charge in [-0.3, -0.25) is 0 Å². The van der Waals surface area contributed by atoms with Crippen molar-refractivity contribution in [3.63, 3.8) is 0 Å². The molecule has 2 aromatic rings. The standard InChI is InChI=1S/C10H9IN2O/c1-6-4-3-5-7(2)8(6)9-12-10(11)13-14-9/h3-5H,1-2H3. The summed E-state index contributed by atoms with van der Waals surface area (Å²) in [5.41, 5.74) is 3.36. The van der Waals surface area contributed by atoms with E-state index in [1.165, 1.54) is 0 Å². The molecular formula is C10H9IN2O. The molecule has 0 aliphatic carbocycles. The Hall–Kier alpha value is -0.910. The Morgan fingerprint density at radius 2 is 1.86 bits per heavy atom. The summed E-state index contributed by atoms with van der Waals surface area (Å²) in [6, 6.07) is 6.11. The van der Waals surface area contributed by atoms with Gasteiger partial charge in [0.2, 0.25) is 3.83 Å². The molecule has 0 atom stereocenters. The normalized spacial score (nSPS) is 10.5. The van der Waals surface area contributed by atoms with Crippen LogP contribution in [-0.2, 0) is 0 Å². The van der Waals surface area contributed by atoms with E-state index in [1.54, 1.807) is 0 Å². The van der Waals surface area contributed by atoms with Gasteiger partial charge >= 0.3 is 0 Å². The lowest BCUT2D eigenvalue weighted by Gasteiger charge is -2.03. The van der Waals surface area contributed by atoms with Crippen molar-refractivity contribution in [2.75, 3.05) is 0 Å². The van der Waals surface area contributed by atoms with E-state index in [2.05, 4.69) is 10.1 Å². The SMILES string of the molecule is Cc1cccc(C)c1-c1nc(I)no1. The molecule has 0 N–H and O–H groups in total. The van der Waals surface area contributed by atoms with Crippen molar-refractivity contribution < 1.29 is 4.52 Å². The molecule has 1 aromatic carbocycles. The van der Waals surface area contributed by atoms with Gasteiger partial charge in [0.1, 0.15) is 0 Å². The molecule has 0 fully saturated rings. The first-order chi connectivity index (χ1) is 6.68. The van der Waals surface area contributed by atoms with Gasteiger partial charge in [-0.25, -0.2) is 0 Å². The molecule has 0 spiro atoms. The molecule has 0 radical (unpaired) electrons. The molecule has 1 heterocycles. The summed E-state index contributed by atoms with van der Waals surface area (Å²) in [6.45, 7) is 4.08. The molecule has 0 amide bonds. The van der Waals surface area contributed by atoms with Gasteiger partial charge in [0.15, 0.2) is 0 Å². The Morgan fingerprint density at radius 3 is 2.36 bits per heavy atom. The third kappa shape index (κ3) is 1.66. The van der Waals surface area contributed by atoms with E-state index in [4.69, 9.17) is 4.52 Å². The Morgan fingerprint density at radius 1 is 1.21 bits per heavy atom. The van der Waals surface area contributed by atoms with Crippen LogP contribution in [-0.4, -0.2) is 10.1 Å². The van der Waals surface area contributed by atoms with E-state index in [0.717, 1.165) is 16.7 Å². The molecule has 4 heteroatoms. The minimum absolute atomic E-state index is 0.602. The topological polar surface area (TPSA) is 38.9 Å². The number of hydrogen-bond donors (Lipinski definition) is 0. The molecule has 14 heavy (non-hydrogen) atoms. The number of nitrogens with zero attached hydrogens (tertiary/aromatic N) is 2. The first-order valence-corrected chi connectivity index (χ1v) is 5.32. The highest BCUT2D eigenvalue weighted by atomic mass is 127. The predicted molar refractivity (Wildman–Crippen MR) is 61.9 cm³/mol. The van der Waals surface area contributed by atoms with Gasteiger partial charge < -0.3 is 4.52 Å². The third-order valence-corrected chi connectivity index (χ3v) is 2.53. The Labute approximate surface area is 95.7 Å². The molecule has 72 valence electrons. The van der Waals surface area contributed by atoms with Gasteiger partial charge in [-0.05, 0) is 25.0 Å². The summed E-state index contributed by atoms with van der Waals surface area (Å²) in [7, 11) is 0. The van der Waals surface area contributed by atoms with Crippen LogP contribution in [0.2, 0.25) is 0 Å². The molecule has 0 aliphatic heterocycles. The van der Waals surface area contributed by atoms with E-state index in [-0.39, 0.29) is 0 Å². The largest absolute Gasteiger partial charge is 0.333 e. The fourth-order valence-electron chi connectivity index (χ4n) is 1.46. The molecule has 0 bridgehead atoms. The van der Waals surface area contributed by atoms with Crippen LogP contribution < -0.4 is 0 Å². The summed E-state index contributed by atoms with van der Waals surface area (Å²) >= 11 is 2.03. The van der Waals surface area contributed by atoms with Gasteiger partial charge in [-0.15, -0.1) is 0 Å². The Balaban J connectivity index is 2.61. The number of aromatic nitrogens is 2. The highest BCUT2D eigenvalue weighted by molar-refractivity contribution is 14.1. The second-order valence-electron chi connectivity index (χ2n) is 3.14. The molecule has 0 unspecified atom stereocenters. The van der Waals surface area contributed by atoms with E-state index in [9.17, 15) is 0 Å². The molecule has 3 nitrogen and oxygen atoms in total. The number of benzene rings is 1. The maximum absolute atomic E-state index is 5.14. The van der Waals surface area contributed by atoms with Crippen LogP contribution in [0.15, 0.2) is 22.7 Å². The van der Waals surface area contributed by atoms with Crippen molar-refractivity contribution in [1.82, 2.24) is 10.1 Å².